The molecule has 0 saturated carbocycles. The van der Waals surface area contributed by atoms with E-state index >= 15 is 0 Å². The van der Waals surface area contributed by atoms with Crippen molar-refractivity contribution in [1.82, 2.24) is 13.7 Å². The molecule has 0 radical (unpaired) electrons. The van der Waals surface area contributed by atoms with Crippen LogP contribution >= 0.6 is 35.3 Å². The highest BCUT2D eigenvalue weighted by Gasteiger charge is 2.19. The summed E-state index contributed by atoms with van der Waals surface area (Å²) in [6.45, 7) is 7.03. The van der Waals surface area contributed by atoms with Crippen molar-refractivity contribution < 1.29 is 29.5 Å². The number of nitrogens with zero attached hydrogens (tertiary/aromatic N) is 3. The second-order valence-corrected chi connectivity index (χ2v) is 13.1. The molecule has 3 N–H and O–H groups in total. The predicted molar refractivity (Wildman–Crippen MR) is 168 cm³/mol. The number of aromatic nitrogens is 3. The van der Waals surface area contributed by atoms with Crippen LogP contribution in [0.15, 0.2) is 14.4 Å². The van der Waals surface area contributed by atoms with E-state index < -0.39 is 17.1 Å². The third-order valence-electron chi connectivity index (χ3n) is 5.67. The molecule has 0 aliphatic rings. The predicted octanol–water partition coefficient (Wildman–Crippen LogP) is 0.0603. The fourth-order valence-corrected chi connectivity index (χ4v) is 6.36. The second kappa shape index (κ2) is 24.6. The molecule has 41 heavy (non-hydrogen) atoms. The van der Waals surface area contributed by atoms with E-state index in [-0.39, 0.29) is 51.3 Å². The Balaban J connectivity index is 2.93. The van der Waals surface area contributed by atoms with Crippen molar-refractivity contribution in [2.75, 3.05) is 94.0 Å². The Kier molecular flexibility index (Phi) is 23.0. The average Bonchev–Trinajstić information content (AvgIpc) is 2.96. The SMILES string of the molecule is CC(CSCCOCCO)Cn1c(=O)n(CCCSCCOCCO)c(=O)n(CC(C)CSCCOCCO)c1=O. The van der Waals surface area contributed by atoms with Gasteiger partial charge < -0.3 is 29.5 Å². The van der Waals surface area contributed by atoms with E-state index in [1.807, 2.05) is 13.8 Å². The monoisotopic (exact) mass is 643 g/mol. The summed E-state index contributed by atoms with van der Waals surface area (Å²) in [6.07, 6.45) is 0.594. The third kappa shape index (κ3) is 16.6. The molecule has 0 aliphatic heterocycles. The van der Waals surface area contributed by atoms with E-state index in [0.29, 0.717) is 57.6 Å². The first-order valence-corrected chi connectivity index (χ1v) is 17.6. The highest BCUT2D eigenvalue weighted by molar-refractivity contribution is 7.99. The number of ether oxygens (including phenoxy) is 3. The lowest BCUT2D eigenvalue weighted by Gasteiger charge is -2.19. The molecule has 1 rings (SSSR count). The van der Waals surface area contributed by atoms with Crippen LogP contribution in [0.3, 0.4) is 0 Å². The highest BCUT2D eigenvalue weighted by atomic mass is 32.2. The highest BCUT2D eigenvalue weighted by Crippen LogP contribution is 2.11. The van der Waals surface area contributed by atoms with Gasteiger partial charge in [-0.2, -0.15) is 35.3 Å². The summed E-state index contributed by atoms with van der Waals surface area (Å²) in [5.74, 6) is 4.43. The van der Waals surface area contributed by atoms with Crippen LogP contribution in [-0.2, 0) is 33.8 Å². The van der Waals surface area contributed by atoms with Crippen LogP contribution in [0.1, 0.15) is 20.3 Å². The van der Waals surface area contributed by atoms with Crippen LogP contribution in [0.25, 0.3) is 0 Å². The summed E-state index contributed by atoms with van der Waals surface area (Å²) >= 11 is 4.95. The molecule has 0 amide bonds. The average molecular weight is 644 g/mol. The van der Waals surface area contributed by atoms with E-state index in [9.17, 15) is 14.4 Å². The molecule has 0 saturated heterocycles. The maximum Gasteiger partial charge on any atom is 0.336 e. The fraction of sp³-hybridized carbons (Fsp3) is 0.885. The van der Waals surface area contributed by atoms with E-state index in [1.165, 1.54) is 13.7 Å². The summed E-state index contributed by atoms with van der Waals surface area (Å²) in [6, 6.07) is 0. The molecule has 0 fully saturated rings. The topological polar surface area (TPSA) is 154 Å². The van der Waals surface area contributed by atoms with Crippen LogP contribution < -0.4 is 17.1 Å². The normalized spacial score (nSPS) is 13.1. The van der Waals surface area contributed by atoms with Crippen LogP contribution in [0.2, 0.25) is 0 Å². The molecule has 2 unspecified atom stereocenters. The number of hydrogen-bond donors (Lipinski definition) is 3. The van der Waals surface area contributed by atoms with Crippen LogP contribution in [0.5, 0.6) is 0 Å². The Morgan fingerprint density at radius 3 is 1.39 bits per heavy atom. The summed E-state index contributed by atoms with van der Waals surface area (Å²) in [5, 5.41) is 26.4. The van der Waals surface area contributed by atoms with Gasteiger partial charge in [-0.15, -0.1) is 0 Å². The van der Waals surface area contributed by atoms with E-state index in [0.717, 1.165) is 23.0 Å². The Morgan fingerprint density at radius 2 is 0.976 bits per heavy atom. The van der Waals surface area contributed by atoms with Gasteiger partial charge in [0.2, 0.25) is 0 Å². The van der Waals surface area contributed by atoms with Crippen molar-refractivity contribution in [3.8, 4) is 0 Å². The summed E-state index contributed by atoms with van der Waals surface area (Å²) in [7, 11) is 0. The van der Waals surface area contributed by atoms with Gasteiger partial charge in [-0.1, -0.05) is 13.8 Å². The molecule has 240 valence electrons. The Morgan fingerprint density at radius 1 is 0.585 bits per heavy atom. The van der Waals surface area contributed by atoms with Crippen molar-refractivity contribution in [1.29, 1.82) is 0 Å². The summed E-state index contributed by atoms with van der Waals surface area (Å²) in [5.41, 5.74) is -1.71. The maximum atomic E-state index is 13.4. The molecule has 0 aliphatic carbocycles. The van der Waals surface area contributed by atoms with Crippen LogP contribution in [0.4, 0.5) is 0 Å². The smallest absolute Gasteiger partial charge is 0.336 e. The molecule has 0 spiro atoms. The number of aliphatic hydroxyl groups is 3. The molecule has 1 aromatic heterocycles. The first-order chi connectivity index (χ1) is 19.9. The lowest BCUT2D eigenvalue weighted by atomic mass is 10.2. The second-order valence-electron chi connectivity index (χ2n) is 9.55. The molecular weight excluding hydrogens is 594 g/mol. The zero-order valence-electron chi connectivity index (χ0n) is 24.4. The first-order valence-electron chi connectivity index (χ1n) is 14.1. The molecular formula is C26H49N3O9S3. The summed E-state index contributed by atoms with van der Waals surface area (Å²) < 4.78 is 19.4. The van der Waals surface area contributed by atoms with Gasteiger partial charge in [-0.3, -0.25) is 0 Å². The Labute approximate surface area is 255 Å². The molecule has 0 aromatic carbocycles. The van der Waals surface area contributed by atoms with Crippen molar-refractivity contribution in [3.05, 3.63) is 31.5 Å². The number of rotatable bonds is 27. The first kappa shape index (κ1) is 38.2. The van der Waals surface area contributed by atoms with Gasteiger partial charge in [-0.05, 0) is 35.5 Å². The number of hydrogen-bond acceptors (Lipinski definition) is 12. The standard InChI is InChI=1S/C26H49N3O9S3/c1-22(20-40-16-12-37-9-6-31)18-28-24(33)27(4-3-14-39-15-11-36-8-5-30)25(34)29(26(28)35)19-23(2)21-41-17-13-38-10-7-32/h22-23,30-32H,3-21H2,1-2H3. The molecule has 2 atom stereocenters. The van der Waals surface area contributed by atoms with Gasteiger partial charge in [0.05, 0.1) is 59.5 Å². The molecule has 0 bridgehead atoms. The maximum absolute atomic E-state index is 13.4. The van der Waals surface area contributed by atoms with Gasteiger partial charge >= 0.3 is 17.1 Å². The quantitative estimate of drug-likeness (QED) is 0.111. The lowest BCUT2D eigenvalue weighted by molar-refractivity contribution is 0.103. The lowest BCUT2D eigenvalue weighted by Crippen LogP contribution is -2.55. The minimum absolute atomic E-state index is 0.0116. The Bertz CT molecular complexity index is 912. The molecule has 1 heterocycles. The Hall–Kier alpha value is -0.780. The number of aliphatic hydroxyl groups excluding tert-OH is 3. The fourth-order valence-electron chi connectivity index (χ4n) is 3.76. The van der Waals surface area contributed by atoms with Gasteiger partial charge in [0.1, 0.15) is 0 Å². The van der Waals surface area contributed by atoms with Gasteiger partial charge in [-0.25, -0.2) is 28.1 Å². The number of thioether (sulfide) groups is 3. The van der Waals surface area contributed by atoms with Crippen molar-refractivity contribution in [2.45, 2.75) is 39.9 Å². The third-order valence-corrected chi connectivity index (χ3v) is 9.22. The van der Waals surface area contributed by atoms with Crippen molar-refractivity contribution >= 4 is 35.3 Å². The largest absolute Gasteiger partial charge is 0.394 e. The van der Waals surface area contributed by atoms with E-state index in [2.05, 4.69) is 0 Å². The van der Waals surface area contributed by atoms with Crippen molar-refractivity contribution in [2.24, 2.45) is 11.8 Å². The minimum Gasteiger partial charge on any atom is -0.394 e. The summed E-state index contributed by atoms with van der Waals surface area (Å²) in [4.78, 5) is 40.1. The van der Waals surface area contributed by atoms with E-state index in [1.54, 1.807) is 35.3 Å². The van der Waals surface area contributed by atoms with Crippen molar-refractivity contribution in [3.63, 3.8) is 0 Å². The van der Waals surface area contributed by atoms with Crippen LogP contribution in [-0.4, -0.2) is 123 Å². The zero-order chi connectivity index (χ0) is 30.3. The zero-order valence-corrected chi connectivity index (χ0v) is 26.9. The molecule has 15 heteroatoms. The minimum atomic E-state index is -0.571. The molecule has 12 nitrogen and oxygen atoms in total. The van der Waals surface area contributed by atoms with Gasteiger partial charge in [0.25, 0.3) is 0 Å². The van der Waals surface area contributed by atoms with Crippen LogP contribution in [0, 0.1) is 11.8 Å². The van der Waals surface area contributed by atoms with Gasteiger partial charge in [0, 0.05) is 36.9 Å². The van der Waals surface area contributed by atoms with E-state index in [4.69, 9.17) is 29.5 Å². The molecule has 1 aromatic rings. The van der Waals surface area contributed by atoms with Gasteiger partial charge in [0.15, 0.2) is 0 Å².